The molecule has 104 valence electrons. The molecule has 1 N–H and O–H groups in total. The molecule has 1 aliphatic carbocycles. The van der Waals surface area contributed by atoms with Crippen LogP contribution in [0.1, 0.15) is 64.7 Å². The molecule has 0 radical (unpaired) electrons. The van der Waals surface area contributed by atoms with Gasteiger partial charge in [0.15, 0.2) is 0 Å². The van der Waals surface area contributed by atoms with E-state index in [1.165, 1.54) is 57.8 Å². The van der Waals surface area contributed by atoms with Gasteiger partial charge >= 0.3 is 0 Å². The van der Waals surface area contributed by atoms with Gasteiger partial charge in [-0.3, -0.25) is 0 Å². The van der Waals surface area contributed by atoms with Gasteiger partial charge in [-0.05, 0) is 51.5 Å². The van der Waals surface area contributed by atoms with Crippen molar-refractivity contribution in [2.75, 3.05) is 13.2 Å². The highest BCUT2D eigenvalue weighted by molar-refractivity contribution is 5.14. The predicted molar refractivity (Wildman–Crippen MR) is 76.8 cm³/mol. The summed E-state index contributed by atoms with van der Waals surface area (Å²) in [5, 5.41) is 3.74. The Morgan fingerprint density at radius 2 is 2.17 bits per heavy atom. The summed E-state index contributed by atoms with van der Waals surface area (Å²) in [6.07, 6.45) is 14.7. The first-order chi connectivity index (χ1) is 8.92. The molecule has 2 heteroatoms. The lowest BCUT2D eigenvalue weighted by molar-refractivity contribution is 0.0872. The van der Waals surface area contributed by atoms with E-state index in [9.17, 15) is 0 Å². The van der Waals surface area contributed by atoms with Crippen molar-refractivity contribution in [3.63, 3.8) is 0 Å². The highest BCUT2D eigenvalue weighted by atomic mass is 16.5. The summed E-state index contributed by atoms with van der Waals surface area (Å²) in [7, 11) is 0. The summed E-state index contributed by atoms with van der Waals surface area (Å²) in [6.45, 7) is 4.32. The number of hydrogen-bond acceptors (Lipinski definition) is 2. The van der Waals surface area contributed by atoms with Crippen molar-refractivity contribution in [3.05, 3.63) is 11.6 Å². The van der Waals surface area contributed by atoms with Crippen LogP contribution in [0.25, 0.3) is 0 Å². The fourth-order valence-electron chi connectivity index (χ4n) is 3.17. The van der Waals surface area contributed by atoms with E-state index < -0.39 is 0 Å². The zero-order chi connectivity index (χ0) is 12.6. The predicted octanol–water partition coefficient (Wildman–Crippen LogP) is 3.81. The van der Waals surface area contributed by atoms with E-state index >= 15 is 0 Å². The lowest BCUT2D eigenvalue weighted by Gasteiger charge is -2.28. The maximum absolute atomic E-state index is 5.93. The van der Waals surface area contributed by atoms with Crippen LogP contribution in [0.5, 0.6) is 0 Å². The molecule has 2 aliphatic rings. The first kappa shape index (κ1) is 14.1. The van der Waals surface area contributed by atoms with Gasteiger partial charge in [0.25, 0.3) is 0 Å². The Kier molecular flexibility index (Phi) is 6.22. The number of ether oxygens (including phenoxy) is 1. The lowest BCUT2D eigenvalue weighted by Crippen LogP contribution is -2.41. The van der Waals surface area contributed by atoms with E-state index in [0.29, 0.717) is 12.1 Å². The molecule has 2 unspecified atom stereocenters. The van der Waals surface area contributed by atoms with E-state index in [1.807, 2.05) is 0 Å². The van der Waals surface area contributed by atoms with Crippen molar-refractivity contribution in [2.45, 2.75) is 76.9 Å². The Balaban J connectivity index is 1.99. The van der Waals surface area contributed by atoms with Gasteiger partial charge in [-0.2, -0.15) is 0 Å². The number of nitrogens with one attached hydrogen (secondary N) is 1. The first-order valence-corrected chi connectivity index (χ1v) is 7.95. The molecule has 0 aromatic heterocycles. The van der Waals surface area contributed by atoms with Crippen molar-refractivity contribution in [2.24, 2.45) is 0 Å². The van der Waals surface area contributed by atoms with Gasteiger partial charge in [-0.15, -0.1) is 0 Å². The molecule has 0 amide bonds. The molecular weight excluding hydrogens is 222 g/mol. The van der Waals surface area contributed by atoms with Crippen LogP contribution < -0.4 is 5.32 Å². The van der Waals surface area contributed by atoms with Crippen molar-refractivity contribution in [1.82, 2.24) is 5.32 Å². The van der Waals surface area contributed by atoms with E-state index in [4.69, 9.17) is 4.74 Å². The maximum atomic E-state index is 5.93. The van der Waals surface area contributed by atoms with Gasteiger partial charge in [0.05, 0.1) is 12.1 Å². The number of hydrogen-bond donors (Lipinski definition) is 1. The largest absolute Gasteiger partial charge is 0.376 e. The van der Waals surface area contributed by atoms with Gasteiger partial charge in [-0.1, -0.05) is 31.4 Å². The monoisotopic (exact) mass is 251 g/mol. The molecule has 2 rings (SSSR count). The molecule has 2 nitrogen and oxygen atoms in total. The summed E-state index contributed by atoms with van der Waals surface area (Å²) in [4.78, 5) is 0. The Labute approximate surface area is 112 Å². The summed E-state index contributed by atoms with van der Waals surface area (Å²) < 4.78 is 5.93. The molecule has 1 fully saturated rings. The molecule has 2 atom stereocenters. The average Bonchev–Trinajstić information content (AvgIpc) is 2.85. The quantitative estimate of drug-likeness (QED) is 0.750. The molecule has 0 saturated carbocycles. The molecule has 0 aromatic carbocycles. The summed E-state index contributed by atoms with van der Waals surface area (Å²) in [5.74, 6) is 0. The second-order valence-electron chi connectivity index (χ2n) is 5.72. The third-order valence-electron chi connectivity index (χ3n) is 4.18. The normalized spacial score (nSPS) is 27.4. The summed E-state index contributed by atoms with van der Waals surface area (Å²) >= 11 is 0. The van der Waals surface area contributed by atoms with Crippen LogP contribution in [-0.4, -0.2) is 25.3 Å². The Hall–Kier alpha value is -0.340. The third-order valence-corrected chi connectivity index (χ3v) is 4.18. The Bertz CT molecular complexity index is 256. The molecule has 0 aromatic rings. The van der Waals surface area contributed by atoms with Gasteiger partial charge in [-0.25, -0.2) is 0 Å². The van der Waals surface area contributed by atoms with Crippen LogP contribution >= 0.6 is 0 Å². The fourth-order valence-corrected chi connectivity index (χ4v) is 3.17. The summed E-state index contributed by atoms with van der Waals surface area (Å²) in [5.41, 5.74) is 1.63. The maximum Gasteiger partial charge on any atom is 0.0767 e. The van der Waals surface area contributed by atoms with Crippen molar-refractivity contribution >= 4 is 0 Å². The highest BCUT2D eigenvalue weighted by Gasteiger charge is 2.28. The van der Waals surface area contributed by atoms with Crippen molar-refractivity contribution in [3.8, 4) is 0 Å². The van der Waals surface area contributed by atoms with Crippen molar-refractivity contribution in [1.29, 1.82) is 0 Å². The van der Waals surface area contributed by atoms with Crippen LogP contribution in [0.4, 0.5) is 0 Å². The van der Waals surface area contributed by atoms with E-state index in [0.717, 1.165) is 13.2 Å². The van der Waals surface area contributed by atoms with Gasteiger partial charge in [0.2, 0.25) is 0 Å². The zero-order valence-corrected chi connectivity index (χ0v) is 11.9. The minimum atomic E-state index is 0.433. The second kappa shape index (κ2) is 7.96. The van der Waals surface area contributed by atoms with Crippen LogP contribution in [-0.2, 0) is 4.74 Å². The van der Waals surface area contributed by atoms with Crippen molar-refractivity contribution < 1.29 is 4.74 Å². The minimum absolute atomic E-state index is 0.433. The Morgan fingerprint density at radius 3 is 2.94 bits per heavy atom. The fraction of sp³-hybridized carbons (Fsp3) is 0.875. The van der Waals surface area contributed by atoms with E-state index in [2.05, 4.69) is 18.3 Å². The number of rotatable bonds is 5. The topological polar surface area (TPSA) is 21.3 Å². The molecule has 0 bridgehead atoms. The van der Waals surface area contributed by atoms with E-state index in [1.54, 1.807) is 5.57 Å². The number of allylic oxidation sites excluding steroid dienone is 1. The molecule has 18 heavy (non-hydrogen) atoms. The second-order valence-corrected chi connectivity index (χ2v) is 5.72. The highest BCUT2D eigenvalue weighted by Crippen LogP contribution is 2.26. The molecule has 1 saturated heterocycles. The van der Waals surface area contributed by atoms with E-state index in [-0.39, 0.29) is 0 Å². The SMILES string of the molecule is CCCNC(C1=CCCCCCC1)C1CCCO1. The molecule has 1 heterocycles. The third kappa shape index (κ3) is 4.10. The zero-order valence-electron chi connectivity index (χ0n) is 11.9. The molecule has 0 spiro atoms. The van der Waals surface area contributed by atoms with Crippen LogP contribution in [0.15, 0.2) is 11.6 Å². The van der Waals surface area contributed by atoms with Gasteiger partial charge < -0.3 is 10.1 Å². The average molecular weight is 251 g/mol. The lowest BCUT2D eigenvalue weighted by atomic mass is 9.91. The van der Waals surface area contributed by atoms with Crippen LogP contribution in [0.2, 0.25) is 0 Å². The van der Waals surface area contributed by atoms with Gasteiger partial charge in [0.1, 0.15) is 0 Å². The van der Waals surface area contributed by atoms with Crippen LogP contribution in [0.3, 0.4) is 0 Å². The minimum Gasteiger partial charge on any atom is -0.376 e. The summed E-state index contributed by atoms with van der Waals surface area (Å²) in [6, 6.07) is 0.491. The van der Waals surface area contributed by atoms with Gasteiger partial charge in [0, 0.05) is 6.61 Å². The molecular formula is C16H29NO. The first-order valence-electron chi connectivity index (χ1n) is 7.95. The smallest absolute Gasteiger partial charge is 0.0767 e. The standard InChI is InChI=1S/C16H29NO/c1-2-12-17-16(15-11-8-13-18-15)14-9-6-4-3-5-7-10-14/h9,15-17H,2-8,10-13H2,1H3. The Morgan fingerprint density at radius 1 is 1.28 bits per heavy atom. The molecule has 1 aliphatic heterocycles. The van der Waals surface area contributed by atoms with Crippen LogP contribution in [0, 0.1) is 0 Å².